The number of aryl methyl sites for hydroxylation is 1. The molecular formula is C19H17BrCl2N2O2. The third-order valence-corrected chi connectivity index (χ3v) is 5.58. The minimum Gasteiger partial charge on any atom is -0.324 e. The molecule has 0 saturated carbocycles. The Morgan fingerprint density at radius 1 is 1.19 bits per heavy atom. The molecule has 0 atom stereocenters. The molecule has 0 unspecified atom stereocenters. The number of benzene rings is 2. The lowest BCUT2D eigenvalue weighted by Gasteiger charge is -2.28. The van der Waals surface area contributed by atoms with E-state index in [0.29, 0.717) is 34.3 Å². The van der Waals surface area contributed by atoms with Crippen LogP contribution in [0.1, 0.15) is 28.8 Å². The van der Waals surface area contributed by atoms with Gasteiger partial charge in [0.15, 0.2) is 0 Å². The van der Waals surface area contributed by atoms with Crippen LogP contribution in [0, 0.1) is 6.92 Å². The minimum atomic E-state index is -0.282. The average molecular weight is 456 g/mol. The standard InChI is InChI=1S/C19H17BrCl2N2O2/c1-12-4-6-14(10-17(12)22)24(11-23-8-2-3-18(23)25)19(26)15-9-13(20)5-7-16(15)21/h4-7,9-10H,2-3,8,11H2,1H3. The van der Waals surface area contributed by atoms with Gasteiger partial charge in [0.1, 0.15) is 6.67 Å². The highest BCUT2D eigenvalue weighted by molar-refractivity contribution is 9.10. The first-order valence-corrected chi connectivity index (χ1v) is 9.72. The molecule has 0 N–H and O–H groups in total. The van der Waals surface area contributed by atoms with Gasteiger partial charge in [0.25, 0.3) is 5.91 Å². The van der Waals surface area contributed by atoms with E-state index in [1.165, 1.54) is 0 Å². The van der Waals surface area contributed by atoms with Gasteiger partial charge in [-0.1, -0.05) is 45.2 Å². The summed E-state index contributed by atoms with van der Waals surface area (Å²) in [6, 6.07) is 10.5. The van der Waals surface area contributed by atoms with Gasteiger partial charge in [-0.15, -0.1) is 0 Å². The molecule has 4 nitrogen and oxygen atoms in total. The second-order valence-electron chi connectivity index (χ2n) is 6.19. The van der Waals surface area contributed by atoms with E-state index in [9.17, 15) is 9.59 Å². The Bertz CT molecular complexity index is 873. The molecule has 7 heteroatoms. The van der Waals surface area contributed by atoms with E-state index >= 15 is 0 Å². The van der Waals surface area contributed by atoms with E-state index in [1.807, 2.05) is 19.1 Å². The number of halogens is 3. The number of hydrogen-bond donors (Lipinski definition) is 0. The maximum Gasteiger partial charge on any atom is 0.261 e. The van der Waals surface area contributed by atoms with Crippen LogP contribution < -0.4 is 4.90 Å². The highest BCUT2D eigenvalue weighted by Crippen LogP contribution is 2.28. The van der Waals surface area contributed by atoms with Crippen LogP contribution >= 0.6 is 39.1 Å². The van der Waals surface area contributed by atoms with E-state index in [1.54, 1.807) is 34.1 Å². The molecule has 0 bridgehead atoms. The fourth-order valence-electron chi connectivity index (χ4n) is 2.84. The van der Waals surface area contributed by atoms with E-state index in [2.05, 4.69) is 15.9 Å². The lowest BCUT2D eigenvalue weighted by molar-refractivity contribution is -0.127. The smallest absolute Gasteiger partial charge is 0.261 e. The van der Waals surface area contributed by atoms with Crippen molar-refractivity contribution < 1.29 is 9.59 Å². The maximum absolute atomic E-state index is 13.2. The van der Waals surface area contributed by atoms with Crippen molar-refractivity contribution in [1.82, 2.24) is 4.90 Å². The zero-order valence-electron chi connectivity index (χ0n) is 14.1. The van der Waals surface area contributed by atoms with Gasteiger partial charge in [-0.2, -0.15) is 0 Å². The molecule has 1 heterocycles. The van der Waals surface area contributed by atoms with Crippen molar-refractivity contribution in [3.8, 4) is 0 Å². The molecule has 0 spiro atoms. The van der Waals surface area contributed by atoms with Gasteiger partial charge in [0, 0.05) is 28.1 Å². The van der Waals surface area contributed by atoms with Crippen molar-refractivity contribution in [1.29, 1.82) is 0 Å². The van der Waals surface area contributed by atoms with Crippen LogP contribution in [0.4, 0.5) is 5.69 Å². The van der Waals surface area contributed by atoms with Gasteiger partial charge in [-0.05, 0) is 49.2 Å². The lowest BCUT2D eigenvalue weighted by atomic mass is 10.1. The second kappa shape index (κ2) is 7.99. The number of hydrogen-bond acceptors (Lipinski definition) is 2. The summed E-state index contributed by atoms with van der Waals surface area (Å²) in [5, 5.41) is 0.919. The average Bonchev–Trinajstić information content (AvgIpc) is 3.02. The number of likely N-dealkylation sites (tertiary alicyclic amines) is 1. The van der Waals surface area contributed by atoms with Gasteiger partial charge < -0.3 is 4.90 Å². The summed E-state index contributed by atoms with van der Waals surface area (Å²) < 4.78 is 0.754. The Balaban J connectivity index is 2.01. The first-order valence-electron chi connectivity index (χ1n) is 8.17. The number of carbonyl (C=O) groups is 2. The van der Waals surface area contributed by atoms with Crippen molar-refractivity contribution in [3.05, 3.63) is 62.0 Å². The monoisotopic (exact) mass is 454 g/mol. The number of rotatable bonds is 4. The van der Waals surface area contributed by atoms with Crippen LogP contribution in [-0.4, -0.2) is 29.9 Å². The fourth-order valence-corrected chi connectivity index (χ4v) is 3.58. The first kappa shape index (κ1) is 19.2. The minimum absolute atomic E-state index is 0.0429. The molecule has 1 fully saturated rings. The zero-order chi connectivity index (χ0) is 18.8. The van der Waals surface area contributed by atoms with Crippen LogP contribution in [0.5, 0.6) is 0 Å². The topological polar surface area (TPSA) is 40.6 Å². The third kappa shape index (κ3) is 4.05. The maximum atomic E-state index is 13.2. The predicted octanol–water partition coefficient (Wildman–Crippen LogP) is 5.29. The van der Waals surface area contributed by atoms with Crippen LogP contribution in [0.25, 0.3) is 0 Å². The van der Waals surface area contributed by atoms with Crippen molar-refractivity contribution in [2.45, 2.75) is 19.8 Å². The van der Waals surface area contributed by atoms with E-state index in [-0.39, 0.29) is 18.5 Å². The summed E-state index contributed by atoms with van der Waals surface area (Å²) in [4.78, 5) is 28.5. The molecule has 0 radical (unpaired) electrons. The molecule has 0 aliphatic carbocycles. The fraction of sp³-hybridized carbons (Fsp3) is 0.263. The summed E-state index contributed by atoms with van der Waals surface area (Å²) in [6.07, 6.45) is 1.31. The Labute approximate surface area is 170 Å². The molecule has 1 saturated heterocycles. The Kier molecular flexibility index (Phi) is 5.90. The molecule has 2 aromatic rings. The van der Waals surface area contributed by atoms with E-state index < -0.39 is 0 Å². The van der Waals surface area contributed by atoms with Gasteiger partial charge in [0.05, 0.1) is 10.6 Å². The van der Waals surface area contributed by atoms with Crippen LogP contribution in [-0.2, 0) is 4.79 Å². The summed E-state index contributed by atoms with van der Waals surface area (Å²) in [7, 11) is 0. The largest absolute Gasteiger partial charge is 0.324 e. The first-order chi connectivity index (χ1) is 12.4. The normalized spacial score (nSPS) is 14.0. The van der Waals surface area contributed by atoms with Crippen LogP contribution in [0.3, 0.4) is 0 Å². The number of nitrogens with zero attached hydrogens (tertiary/aromatic N) is 2. The molecule has 2 aromatic carbocycles. The van der Waals surface area contributed by atoms with Gasteiger partial charge in [0.2, 0.25) is 5.91 Å². The molecule has 136 valence electrons. The van der Waals surface area contributed by atoms with Crippen LogP contribution in [0.2, 0.25) is 10.0 Å². The van der Waals surface area contributed by atoms with Crippen molar-refractivity contribution >= 4 is 56.6 Å². The Hall–Kier alpha value is -1.56. The SMILES string of the molecule is Cc1ccc(N(CN2CCCC2=O)C(=O)c2cc(Br)ccc2Cl)cc1Cl. The highest BCUT2D eigenvalue weighted by Gasteiger charge is 2.27. The van der Waals surface area contributed by atoms with Crippen LogP contribution in [0.15, 0.2) is 40.9 Å². The predicted molar refractivity (Wildman–Crippen MR) is 108 cm³/mol. The zero-order valence-corrected chi connectivity index (χ0v) is 17.2. The van der Waals surface area contributed by atoms with E-state index in [0.717, 1.165) is 16.5 Å². The molecule has 2 amide bonds. The molecule has 1 aliphatic heterocycles. The third-order valence-electron chi connectivity index (χ3n) is 4.35. The van der Waals surface area contributed by atoms with Gasteiger partial charge in [-0.3, -0.25) is 14.5 Å². The van der Waals surface area contributed by atoms with Gasteiger partial charge in [-0.25, -0.2) is 0 Å². The lowest BCUT2D eigenvalue weighted by Crippen LogP contribution is -2.42. The molecule has 1 aliphatic rings. The number of anilines is 1. The Morgan fingerprint density at radius 2 is 1.96 bits per heavy atom. The molecule has 26 heavy (non-hydrogen) atoms. The van der Waals surface area contributed by atoms with Crippen molar-refractivity contribution in [2.75, 3.05) is 18.1 Å². The number of carbonyl (C=O) groups excluding carboxylic acids is 2. The second-order valence-corrected chi connectivity index (χ2v) is 7.92. The van der Waals surface area contributed by atoms with Crippen molar-refractivity contribution in [3.63, 3.8) is 0 Å². The van der Waals surface area contributed by atoms with Gasteiger partial charge >= 0.3 is 0 Å². The number of amides is 2. The molecule has 0 aromatic heterocycles. The summed E-state index contributed by atoms with van der Waals surface area (Å²) in [5.74, 6) is -0.239. The van der Waals surface area contributed by atoms with E-state index in [4.69, 9.17) is 23.2 Å². The molecule has 3 rings (SSSR count). The highest BCUT2D eigenvalue weighted by atomic mass is 79.9. The summed E-state index contributed by atoms with van der Waals surface area (Å²) >= 11 is 15.9. The molecular weight excluding hydrogens is 439 g/mol. The quantitative estimate of drug-likeness (QED) is 0.628. The summed E-state index contributed by atoms with van der Waals surface area (Å²) in [6.45, 7) is 2.70. The Morgan fingerprint density at radius 3 is 2.62 bits per heavy atom. The summed E-state index contributed by atoms with van der Waals surface area (Å²) in [5.41, 5.74) is 1.91. The van der Waals surface area contributed by atoms with Crippen molar-refractivity contribution in [2.24, 2.45) is 0 Å².